The lowest BCUT2D eigenvalue weighted by atomic mass is 10.1. The predicted molar refractivity (Wildman–Crippen MR) is 61.3 cm³/mol. The average molecular weight is 271 g/mol. The molecule has 0 N–H and O–H groups in total. The summed E-state index contributed by atoms with van der Waals surface area (Å²) in [4.78, 5) is 13.4. The summed E-state index contributed by atoms with van der Waals surface area (Å²) in [5.41, 5.74) is -0.763. The fourth-order valence-electron chi connectivity index (χ4n) is 1.50. The van der Waals surface area contributed by atoms with E-state index in [-0.39, 0.29) is 16.1 Å². The molecule has 0 aliphatic heterocycles. The largest absolute Gasteiger partial charge is 0.280 e. The van der Waals surface area contributed by atoms with Gasteiger partial charge in [-0.3, -0.25) is 10.1 Å². The third-order valence-electron chi connectivity index (χ3n) is 2.25. The number of hydrogen-bond acceptors (Lipinski definition) is 3. The molecule has 92 valence electrons. The van der Waals surface area contributed by atoms with Crippen molar-refractivity contribution in [1.82, 2.24) is 4.98 Å². The fourth-order valence-corrected chi connectivity index (χ4v) is 1.65. The van der Waals surface area contributed by atoms with Gasteiger partial charge in [0.1, 0.15) is 5.82 Å². The van der Waals surface area contributed by atoms with E-state index in [0.29, 0.717) is 0 Å². The second kappa shape index (κ2) is 4.66. The normalized spacial score (nSPS) is 10.4. The first-order chi connectivity index (χ1) is 8.49. The van der Waals surface area contributed by atoms with Crippen molar-refractivity contribution in [2.45, 2.75) is 0 Å². The van der Waals surface area contributed by atoms with Gasteiger partial charge in [-0.15, -0.1) is 0 Å². The number of nitro benzene ring substituents is 1. The van der Waals surface area contributed by atoms with Crippen molar-refractivity contribution in [1.29, 1.82) is 0 Å². The van der Waals surface area contributed by atoms with Crippen LogP contribution in [0.1, 0.15) is 0 Å². The number of benzene rings is 1. The van der Waals surface area contributed by atoms with Gasteiger partial charge in [0.05, 0.1) is 21.6 Å². The van der Waals surface area contributed by atoms with Crippen molar-refractivity contribution in [3.8, 4) is 11.1 Å². The first kappa shape index (κ1) is 12.4. The standard InChI is InChI=1S/C11H5ClF2N2O2/c12-6-3-9(11(14)15-5-6)8-2-1-7(13)4-10(8)16(17)18/h1-5H. The van der Waals surface area contributed by atoms with Crippen LogP contribution in [0.2, 0.25) is 5.02 Å². The maximum absolute atomic E-state index is 13.5. The average Bonchev–Trinajstić information content (AvgIpc) is 2.32. The van der Waals surface area contributed by atoms with Crippen molar-refractivity contribution in [2.75, 3.05) is 0 Å². The summed E-state index contributed by atoms with van der Waals surface area (Å²) in [5, 5.41) is 10.9. The highest BCUT2D eigenvalue weighted by atomic mass is 35.5. The quantitative estimate of drug-likeness (QED) is 0.476. The Kier molecular flexibility index (Phi) is 3.20. The molecule has 0 amide bonds. The minimum atomic E-state index is -0.908. The van der Waals surface area contributed by atoms with E-state index in [9.17, 15) is 18.9 Å². The molecular weight excluding hydrogens is 266 g/mol. The molecule has 18 heavy (non-hydrogen) atoms. The van der Waals surface area contributed by atoms with E-state index in [1.54, 1.807) is 0 Å². The summed E-state index contributed by atoms with van der Waals surface area (Å²) in [6.45, 7) is 0. The highest BCUT2D eigenvalue weighted by molar-refractivity contribution is 6.30. The first-order valence-electron chi connectivity index (χ1n) is 4.74. The number of aromatic nitrogens is 1. The van der Waals surface area contributed by atoms with Crippen LogP contribution in [-0.4, -0.2) is 9.91 Å². The molecule has 1 heterocycles. The van der Waals surface area contributed by atoms with Crippen molar-refractivity contribution < 1.29 is 13.7 Å². The molecule has 1 aromatic carbocycles. The molecule has 0 saturated carbocycles. The van der Waals surface area contributed by atoms with E-state index in [1.807, 2.05) is 0 Å². The summed E-state index contributed by atoms with van der Waals surface area (Å²) < 4.78 is 26.5. The van der Waals surface area contributed by atoms with Gasteiger partial charge in [-0.25, -0.2) is 9.37 Å². The number of halogens is 3. The van der Waals surface area contributed by atoms with Crippen molar-refractivity contribution >= 4 is 17.3 Å². The van der Waals surface area contributed by atoms with Gasteiger partial charge in [0.15, 0.2) is 0 Å². The zero-order valence-electron chi connectivity index (χ0n) is 8.73. The van der Waals surface area contributed by atoms with E-state index < -0.39 is 22.4 Å². The number of pyridine rings is 1. The highest BCUT2D eigenvalue weighted by Gasteiger charge is 2.19. The number of rotatable bonds is 2. The predicted octanol–water partition coefficient (Wildman–Crippen LogP) is 3.59. The lowest BCUT2D eigenvalue weighted by Gasteiger charge is -2.04. The number of hydrogen-bond donors (Lipinski definition) is 0. The molecule has 0 radical (unpaired) electrons. The number of nitrogens with zero attached hydrogens (tertiary/aromatic N) is 2. The third-order valence-corrected chi connectivity index (χ3v) is 2.46. The van der Waals surface area contributed by atoms with Crippen molar-refractivity contribution in [3.05, 3.63) is 57.4 Å². The molecular formula is C11H5ClF2N2O2. The molecule has 4 nitrogen and oxygen atoms in total. The SMILES string of the molecule is O=[N+]([O-])c1cc(F)ccc1-c1cc(Cl)cnc1F. The minimum absolute atomic E-state index is 0.0751. The van der Waals surface area contributed by atoms with Crippen LogP contribution in [0.25, 0.3) is 11.1 Å². The Bertz CT molecular complexity index is 634. The smallest absolute Gasteiger partial charge is 0.258 e. The Hall–Kier alpha value is -2.08. The van der Waals surface area contributed by atoms with Crippen molar-refractivity contribution in [2.24, 2.45) is 0 Å². The Balaban J connectivity index is 2.70. The van der Waals surface area contributed by atoms with E-state index in [2.05, 4.69) is 4.98 Å². The van der Waals surface area contributed by atoms with Gasteiger partial charge in [0.2, 0.25) is 5.95 Å². The van der Waals surface area contributed by atoms with Gasteiger partial charge < -0.3 is 0 Å². The molecule has 0 bridgehead atoms. The van der Waals surface area contributed by atoms with Gasteiger partial charge in [0.25, 0.3) is 5.69 Å². The van der Waals surface area contributed by atoms with Crippen LogP contribution in [0, 0.1) is 21.9 Å². The lowest BCUT2D eigenvalue weighted by Crippen LogP contribution is -1.96. The van der Waals surface area contributed by atoms with Crippen LogP contribution in [0.5, 0.6) is 0 Å². The Morgan fingerprint density at radius 1 is 1.22 bits per heavy atom. The summed E-state index contributed by atoms with van der Waals surface area (Å²) in [6, 6.07) is 4.03. The maximum Gasteiger partial charge on any atom is 0.280 e. The zero-order valence-corrected chi connectivity index (χ0v) is 9.49. The molecule has 0 unspecified atom stereocenters. The summed E-state index contributed by atoms with van der Waals surface area (Å²) in [5.74, 6) is -1.69. The van der Waals surface area contributed by atoms with Gasteiger partial charge in [0, 0.05) is 11.8 Å². The fraction of sp³-hybridized carbons (Fsp3) is 0. The van der Waals surface area contributed by atoms with Crippen LogP contribution in [0.4, 0.5) is 14.5 Å². The topological polar surface area (TPSA) is 56.0 Å². The van der Waals surface area contributed by atoms with E-state index in [4.69, 9.17) is 11.6 Å². The first-order valence-corrected chi connectivity index (χ1v) is 5.12. The molecule has 0 aliphatic rings. The molecule has 0 fully saturated rings. The zero-order chi connectivity index (χ0) is 13.3. The summed E-state index contributed by atoms with van der Waals surface area (Å²) in [6.07, 6.45) is 1.08. The Morgan fingerprint density at radius 3 is 2.61 bits per heavy atom. The van der Waals surface area contributed by atoms with Crippen LogP contribution in [0.3, 0.4) is 0 Å². The number of nitro groups is 1. The van der Waals surface area contributed by atoms with Crippen LogP contribution >= 0.6 is 11.6 Å². The highest BCUT2D eigenvalue weighted by Crippen LogP contribution is 2.32. The summed E-state index contributed by atoms with van der Waals surface area (Å²) in [7, 11) is 0. The van der Waals surface area contributed by atoms with Gasteiger partial charge in [-0.1, -0.05) is 11.6 Å². The van der Waals surface area contributed by atoms with Crippen LogP contribution in [-0.2, 0) is 0 Å². The lowest BCUT2D eigenvalue weighted by molar-refractivity contribution is -0.384. The molecule has 0 saturated heterocycles. The molecule has 0 atom stereocenters. The van der Waals surface area contributed by atoms with Crippen LogP contribution in [0.15, 0.2) is 30.5 Å². The molecule has 7 heteroatoms. The van der Waals surface area contributed by atoms with Crippen LogP contribution < -0.4 is 0 Å². The summed E-state index contributed by atoms with van der Waals surface area (Å²) >= 11 is 5.66. The second-order valence-electron chi connectivity index (χ2n) is 3.41. The van der Waals surface area contributed by atoms with E-state index in [1.165, 1.54) is 6.07 Å². The second-order valence-corrected chi connectivity index (χ2v) is 3.85. The molecule has 0 aliphatic carbocycles. The maximum atomic E-state index is 13.5. The Morgan fingerprint density at radius 2 is 1.94 bits per heavy atom. The van der Waals surface area contributed by atoms with Gasteiger partial charge >= 0.3 is 0 Å². The third kappa shape index (κ3) is 2.28. The molecule has 2 rings (SSSR count). The molecule has 1 aromatic heterocycles. The van der Waals surface area contributed by atoms with Gasteiger partial charge in [-0.05, 0) is 18.2 Å². The molecule has 2 aromatic rings. The monoisotopic (exact) mass is 270 g/mol. The minimum Gasteiger partial charge on any atom is -0.258 e. The van der Waals surface area contributed by atoms with E-state index >= 15 is 0 Å². The van der Waals surface area contributed by atoms with E-state index in [0.717, 1.165) is 24.4 Å². The van der Waals surface area contributed by atoms with Gasteiger partial charge in [-0.2, -0.15) is 4.39 Å². The van der Waals surface area contributed by atoms with Crippen molar-refractivity contribution in [3.63, 3.8) is 0 Å². The molecule has 0 spiro atoms. The Labute approximate surface area is 105 Å².